The molecule has 2 saturated heterocycles. The SMILES string of the molecule is CCC(CC)C(CNC(=NC)N1CCC(CC(=O)NC)CC1)N1CCCC1.I. The van der Waals surface area contributed by atoms with Crippen LogP contribution in [0.5, 0.6) is 0 Å². The van der Waals surface area contributed by atoms with Crippen LogP contribution in [0.15, 0.2) is 4.99 Å². The number of hydrogen-bond donors (Lipinski definition) is 2. The zero-order valence-corrected chi connectivity index (χ0v) is 20.7. The predicted octanol–water partition coefficient (Wildman–Crippen LogP) is 2.93. The first-order valence-electron chi connectivity index (χ1n) is 11.0. The molecule has 0 aromatic rings. The number of aliphatic imine (C=N–C) groups is 1. The van der Waals surface area contributed by atoms with Crippen LogP contribution in [0.4, 0.5) is 0 Å². The highest BCUT2D eigenvalue weighted by Gasteiger charge is 2.29. The first-order chi connectivity index (χ1) is 13.1. The van der Waals surface area contributed by atoms with Gasteiger partial charge in [0.2, 0.25) is 5.91 Å². The number of hydrogen-bond acceptors (Lipinski definition) is 3. The minimum atomic E-state index is 0. The van der Waals surface area contributed by atoms with Gasteiger partial charge in [0.25, 0.3) is 0 Å². The van der Waals surface area contributed by atoms with E-state index in [0.717, 1.165) is 44.4 Å². The molecule has 2 fully saturated rings. The van der Waals surface area contributed by atoms with E-state index in [1.165, 1.54) is 38.8 Å². The van der Waals surface area contributed by atoms with Gasteiger partial charge in [-0.3, -0.25) is 14.7 Å². The molecule has 7 heteroatoms. The fourth-order valence-electron chi connectivity index (χ4n) is 4.74. The molecule has 2 N–H and O–H groups in total. The number of nitrogens with zero attached hydrogens (tertiary/aromatic N) is 3. The number of halogens is 1. The number of amides is 1. The van der Waals surface area contributed by atoms with Gasteiger partial charge in [-0.2, -0.15) is 0 Å². The second kappa shape index (κ2) is 13.6. The van der Waals surface area contributed by atoms with Gasteiger partial charge in [-0.1, -0.05) is 26.7 Å². The molecule has 2 rings (SSSR count). The van der Waals surface area contributed by atoms with Gasteiger partial charge >= 0.3 is 0 Å². The molecule has 2 aliphatic rings. The number of rotatable bonds is 8. The summed E-state index contributed by atoms with van der Waals surface area (Å²) >= 11 is 0. The van der Waals surface area contributed by atoms with Crippen LogP contribution in [0, 0.1) is 11.8 Å². The summed E-state index contributed by atoms with van der Waals surface area (Å²) in [5, 5.41) is 6.43. The van der Waals surface area contributed by atoms with Crippen LogP contribution in [0.1, 0.15) is 58.8 Å². The standard InChI is InChI=1S/C21H41N5O.HI/c1-5-18(6-2)19(25-11-7-8-12-25)16-24-21(23-4)26-13-9-17(10-14-26)15-20(27)22-3;/h17-19H,5-16H2,1-4H3,(H,22,27)(H,23,24);1H. The van der Waals surface area contributed by atoms with Crippen molar-refractivity contribution in [3.8, 4) is 0 Å². The van der Waals surface area contributed by atoms with Crippen molar-refractivity contribution in [3.63, 3.8) is 0 Å². The highest BCUT2D eigenvalue weighted by molar-refractivity contribution is 14.0. The van der Waals surface area contributed by atoms with Crippen molar-refractivity contribution in [2.24, 2.45) is 16.8 Å². The van der Waals surface area contributed by atoms with Crippen LogP contribution in [-0.4, -0.2) is 74.5 Å². The molecular formula is C21H42IN5O. The molecule has 0 bridgehead atoms. The van der Waals surface area contributed by atoms with Crippen LogP contribution in [0.3, 0.4) is 0 Å². The summed E-state index contributed by atoms with van der Waals surface area (Å²) in [4.78, 5) is 21.2. The molecule has 6 nitrogen and oxygen atoms in total. The summed E-state index contributed by atoms with van der Waals surface area (Å²) in [5.41, 5.74) is 0. The number of nitrogens with one attached hydrogen (secondary N) is 2. The van der Waals surface area contributed by atoms with Gasteiger partial charge in [0.15, 0.2) is 5.96 Å². The Morgan fingerprint density at radius 1 is 1.11 bits per heavy atom. The van der Waals surface area contributed by atoms with Gasteiger partial charge in [-0.05, 0) is 50.6 Å². The van der Waals surface area contributed by atoms with Gasteiger partial charge in [-0.15, -0.1) is 24.0 Å². The number of carbonyl (C=O) groups excluding carboxylic acids is 1. The molecule has 1 amide bonds. The van der Waals surface area contributed by atoms with E-state index in [1.807, 2.05) is 7.05 Å². The third-order valence-corrected chi connectivity index (χ3v) is 6.55. The Morgan fingerprint density at radius 2 is 1.71 bits per heavy atom. The topological polar surface area (TPSA) is 60.0 Å². The van der Waals surface area contributed by atoms with Crippen molar-refractivity contribution in [1.82, 2.24) is 20.4 Å². The minimum absolute atomic E-state index is 0. The lowest BCUT2D eigenvalue weighted by atomic mass is 9.92. The van der Waals surface area contributed by atoms with E-state index in [-0.39, 0.29) is 29.9 Å². The van der Waals surface area contributed by atoms with Gasteiger partial charge in [0, 0.05) is 46.2 Å². The zero-order chi connectivity index (χ0) is 19.6. The van der Waals surface area contributed by atoms with Gasteiger partial charge in [0.05, 0.1) is 0 Å². The fourth-order valence-corrected chi connectivity index (χ4v) is 4.74. The summed E-state index contributed by atoms with van der Waals surface area (Å²) in [6.07, 6.45) is 7.94. The Bertz CT molecular complexity index is 467. The van der Waals surface area contributed by atoms with E-state index in [0.29, 0.717) is 18.4 Å². The normalized spacial score (nSPS) is 20.2. The lowest BCUT2D eigenvalue weighted by Crippen LogP contribution is -2.52. The highest BCUT2D eigenvalue weighted by atomic mass is 127. The molecule has 164 valence electrons. The molecule has 0 aromatic heterocycles. The maximum absolute atomic E-state index is 11.6. The molecule has 2 aliphatic heterocycles. The van der Waals surface area contributed by atoms with E-state index in [2.05, 4.69) is 39.3 Å². The summed E-state index contributed by atoms with van der Waals surface area (Å²) in [5.74, 6) is 2.44. The van der Waals surface area contributed by atoms with E-state index in [9.17, 15) is 4.79 Å². The van der Waals surface area contributed by atoms with Crippen LogP contribution in [0.2, 0.25) is 0 Å². The lowest BCUT2D eigenvalue weighted by Gasteiger charge is -2.37. The van der Waals surface area contributed by atoms with Crippen molar-refractivity contribution in [3.05, 3.63) is 0 Å². The Hall–Kier alpha value is -0.570. The largest absolute Gasteiger partial charge is 0.359 e. The second-order valence-corrected chi connectivity index (χ2v) is 8.12. The van der Waals surface area contributed by atoms with Crippen LogP contribution in [0.25, 0.3) is 0 Å². The predicted molar refractivity (Wildman–Crippen MR) is 128 cm³/mol. The second-order valence-electron chi connectivity index (χ2n) is 8.12. The van der Waals surface area contributed by atoms with Crippen molar-refractivity contribution in [1.29, 1.82) is 0 Å². The molecule has 0 aromatic carbocycles. The van der Waals surface area contributed by atoms with Crippen molar-refractivity contribution >= 4 is 35.8 Å². The average Bonchev–Trinajstić information content (AvgIpc) is 3.23. The first-order valence-corrected chi connectivity index (χ1v) is 11.0. The summed E-state index contributed by atoms with van der Waals surface area (Å²) in [6.45, 7) is 10.1. The van der Waals surface area contributed by atoms with Crippen LogP contribution in [-0.2, 0) is 4.79 Å². The Morgan fingerprint density at radius 3 is 2.21 bits per heavy atom. The lowest BCUT2D eigenvalue weighted by molar-refractivity contribution is -0.121. The Kier molecular flexibility index (Phi) is 12.4. The first kappa shape index (κ1) is 25.5. The minimum Gasteiger partial charge on any atom is -0.359 e. The third-order valence-electron chi connectivity index (χ3n) is 6.55. The average molecular weight is 508 g/mol. The Labute approximate surface area is 189 Å². The molecule has 0 radical (unpaired) electrons. The molecule has 0 saturated carbocycles. The summed E-state index contributed by atoms with van der Waals surface area (Å²) in [7, 11) is 3.61. The number of carbonyl (C=O) groups is 1. The zero-order valence-electron chi connectivity index (χ0n) is 18.4. The Balaban J connectivity index is 0.00000392. The number of piperidine rings is 1. The fraction of sp³-hybridized carbons (Fsp3) is 0.905. The van der Waals surface area contributed by atoms with E-state index >= 15 is 0 Å². The maximum atomic E-state index is 11.6. The van der Waals surface area contributed by atoms with Gasteiger partial charge in [0.1, 0.15) is 0 Å². The van der Waals surface area contributed by atoms with Crippen LogP contribution >= 0.6 is 24.0 Å². The molecule has 1 unspecified atom stereocenters. The molecule has 2 heterocycles. The van der Waals surface area contributed by atoms with E-state index in [4.69, 9.17) is 0 Å². The smallest absolute Gasteiger partial charge is 0.220 e. The highest BCUT2D eigenvalue weighted by Crippen LogP contribution is 2.23. The number of likely N-dealkylation sites (tertiary alicyclic amines) is 2. The van der Waals surface area contributed by atoms with Gasteiger partial charge < -0.3 is 15.5 Å². The van der Waals surface area contributed by atoms with E-state index < -0.39 is 0 Å². The van der Waals surface area contributed by atoms with E-state index in [1.54, 1.807) is 7.05 Å². The maximum Gasteiger partial charge on any atom is 0.220 e. The molecule has 0 aliphatic carbocycles. The number of guanidine groups is 1. The monoisotopic (exact) mass is 507 g/mol. The van der Waals surface area contributed by atoms with Gasteiger partial charge in [-0.25, -0.2) is 0 Å². The summed E-state index contributed by atoms with van der Waals surface area (Å²) in [6, 6.07) is 0.602. The molecule has 1 atom stereocenters. The van der Waals surface area contributed by atoms with Crippen LogP contribution < -0.4 is 10.6 Å². The molecule has 28 heavy (non-hydrogen) atoms. The van der Waals surface area contributed by atoms with Crippen molar-refractivity contribution in [2.75, 3.05) is 46.8 Å². The summed E-state index contributed by atoms with van der Waals surface area (Å²) < 4.78 is 0. The third kappa shape index (κ3) is 7.35. The quantitative estimate of drug-likeness (QED) is 0.302. The van der Waals surface area contributed by atoms with Crippen molar-refractivity contribution in [2.45, 2.75) is 64.8 Å². The molecule has 0 spiro atoms. The van der Waals surface area contributed by atoms with Crippen molar-refractivity contribution < 1.29 is 4.79 Å². The molecular weight excluding hydrogens is 465 g/mol.